The number of hydrogen-bond donors (Lipinski definition) is 1. The summed E-state index contributed by atoms with van der Waals surface area (Å²) < 4.78 is 5.27. The molecule has 1 N–H and O–H groups in total. The van der Waals surface area contributed by atoms with Crippen LogP contribution in [0.15, 0.2) is 24.3 Å². The first-order valence-electron chi connectivity index (χ1n) is 17.4. The number of esters is 1. The molecule has 234 valence electrons. The van der Waals surface area contributed by atoms with Gasteiger partial charge in [0.2, 0.25) is 5.91 Å². The third kappa shape index (κ3) is 32.6. The zero-order valence-corrected chi connectivity index (χ0v) is 26.8. The van der Waals surface area contributed by atoms with E-state index in [0.29, 0.717) is 19.4 Å². The minimum atomic E-state index is -0.142. The van der Waals surface area contributed by atoms with Gasteiger partial charge < -0.3 is 10.1 Å². The summed E-state index contributed by atoms with van der Waals surface area (Å²) in [7, 11) is 0. The lowest BCUT2D eigenvalue weighted by Crippen LogP contribution is -2.27. The number of unbranched alkanes of at least 4 members (excludes halogenated alkanes) is 20. The molecular weight excluding hydrogens is 494 g/mol. The van der Waals surface area contributed by atoms with E-state index in [-0.39, 0.29) is 18.5 Å². The summed E-state index contributed by atoms with van der Waals surface area (Å²) in [6.07, 6.45) is 40.2. The Balaban J connectivity index is 3.34. The Morgan fingerprint density at radius 1 is 0.525 bits per heavy atom. The van der Waals surface area contributed by atoms with Gasteiger partial charge in [-0.25, -0.2) is 0 Å². The standard InChI is InChI=1S/C36H67NO3/c1-3-5-7-9-11-13-15-17-18-20-22-24-26-28-30-32-36(39)40-34-33-37-35(38)31-29-27-25-23-21-19-16-14-12-10-8-6-4-2/h11,13,17-18H,3-10,12,14-16,19-34H2,1-2H3,(H,37,38)/b13-11-,18-17-. The molecule has 0 aromatic carbocycles. The van der Waals surface area contributed by atoms with Gasteiger partial charge in [-0.3, -0.25) is 9.59 Å². The predicted octanol–water partition coefficient (Wildman–Crippen LogP) is 10.9. The zero-order valence-electron chi connectivity index (χ0n) is 26.8. The van der Waals surface area contributed by atoms with Crippen LogP contribution >= 0.6 is 0 Å². The number of carbonyl (C=O) groups excluding carboxylic acids is 2. The number of ether oxygens (including phenoxy) is 1. The Kier molecular flexibility index (Phi) is 32.3. The number of hydrogen-bond acceptors (Lipinski definition) is 3. The summed E-state index contributed by atoms with van der Waals surface area (Å²) >= 11 is 0. The Morgan fingerprint density at radius 2 is 0.950 bits per heavy atom. The van der Waals surface area contributed by atoms with Gasteiger partial charge in [0, 0.05) is 12.8 Å². The molecule has 0 atom stereocenters. The van der Waals surface area contributed by atoms with Crippen molar-refractivity contribution < 1.29 is 14.3 Å². The van der Waals surface area contributed by atoms with Gasteiger partial charge in [0.05, 0.1) is 6.54 Å². The second-order valence-corrected chi connectivity index (χ2v) is 11.5. The summed E-state index contributed by atoms with van der Waals surface area (Å²) in [5.41, 5.74) is 0. The van der Waals surface area contributed by atoms with Crippen molar-refractivity contribution in [2.24, 2.45) is 0 Å². The summed E-state index contributed by atoms with van der Waals surface area (Å²) in [6, 6.07) is 0. The van der Waals surface area contributed by atoms with Crippen LogP contribution in [0.4, 0.5) is 0 Å². The molecule has 0 aromatic heterocycles. The van der Waals surface area contributed by atoms with E-state index >= 15 is 0 Å². The van der Waals surface area contributed by atoms with Gasteiger partial charge >= 0.3 is 5.97 Å². The first-order valence-corrected chi connectivity index (χ1v) is 17.4. The molecular formula is C36H67NO3. The van der Waals surface area contributed by atoms with Crippen LogP contribution in [0.5, 0.6) is 0 Å². The van der Waals surface area contributed by atoms with Crippen LogP contribution in [-0.4, -0.2) is 25.0 Å². The Hall–Kier alpha value is -1.58. The van der Waals surface area contributed by atoms with Gasteiger partial charge in [0.25, 0.3) is 0 Å². The average Bonchev–Trinajstić information content (AvgIpc) is 2.95. The van der Waals surface area contributed by atoms with E-state index in [2.05, 4.69) is 43.5 Å². The summed E-state index contributed by atoms with van der Waals surface area (Å²) in [6.45, 7) is 5.22. The summed E-state index contributed by atoms with van der Waals surface area (Å²) in [4.78, 5) is 23.8. The highest BCUT2D eigenvalue weighted by Gasteiger charge is 2.04. The van der Waals surface area contributed by atoms with Gasteiger partial charge in [-0.2, -0.15) is 0 Å². The molecule has 0 fully saturated rings. The topological polar surface area (TPSA) is 55.4 Å². The van der Waals surface area contributed by atoms with Crippen molar-refractivity contribution in [1.29, 1.82) is 0 Å². The Labute approximate surface area is 249 Å². The van der Waals surface area contributed by atoms with Gasteiger partial charge in [-0.1, -0.05) is 147 Å². The van der Waals surface area contributed by atoms with E-state index in [1.165, 1.54) is 116 Å². The third-order valence-corrected chi connectivity index (χ3v) is 7.53. The second kappa shape index (κ2) is 33.6. The van der Waals surface area contributed by atoms with Crippen LogP contribution in [0.1, 0.15) is 181 Å². The highest BCUT2D eigenvalue weighted by atomic mass is 16.5. The van der Waals surface area contributed by atoms with Crippen LogP contribution in [0.3, 0.4) is 0 Å². The second-order valence-electron chi connectivity index (χ2n) is 11.5. The van der Waals surface area contributed by atoms with Crippen LogP contribution in [0.25, 0.3) is 0 Å². The Morgan fingerprint density at radius 3 is 1.50 bits per heavy atom. The fourth-order valence-electron chi connectivity index (χ4n) is 4.90. The fourth-order valence-corrected chi connectivity index (χ4v) is 4.90. The number of carbonyl (C=O) groups is 2. The van der Waals surface area contributed by atoms with Crippen LogP contribution in [-0.2, 0) is 14.3 Å². The van der Waals surface area contributed by atoms with Crippen LogP contribution < -0.4 is 5.32 Å². The van der Waals surface area contributed by atoms with E-state index in [0.717, 1.165) is 38.5 Å². The van der Waals surface area contributed by atoms with Crippen molar-refractivity contribution in [1.82, 2.24) is 5.32 Å². The molecule has 0 heterocycles. The lowest BCUT2D eigenvalue weighted by atomic mass is 10.0. The van der Waals surface area contributed by atoms with Crippen molar-refractivity contribution in [3.63, 3.8) is 0 Å². The van der Waals surface area contributed by atoms with Crippen LogP contribution in [0.2, 0.25) is 0 Å². The van der Waals surface area contributed by atoms with Gasteiger partial charge in [0.1, 0.15) is 6.61 Å². The maximum Gasteiger partial charge on any atom is 0.305 e. The summed E-state index contributed by atoms with van der Waals surface area (Å²) in [5, 5.41) is 2.88. The van der Waals surface area contributed by atoms with Gasteiger partial charge in [0.15, 0.2) is 0 Å². The highest BCUT2D eigenvalue weighted by molar-refractivity contribution is 5.75. The first kappa shape index (κ1) is 38.4. The molecule has 0 saturated carbocycles. The molecule has 0 radical (unpaired) electrons. The SMILES string of the molecule is CCCCC/C=C\C/C=C\CCCCCCCC(=O)OCCNC(=O)CCCCCCCCCCCCCCC. The van der Waals surface area contributed by atoms with Crippen molar-refractivity contribution in [2.75, 3.05) is 13.2 Å². The lowest BCUT2D eigenvalue weighted by Gasteiger charge is -2.07. The number of allylic oxidation sites excluding steroid dienone is 4. The molecule has 0 unspecified atom stereocenters. The average molecular weight is 562 g/mol. The fraction of sp³-hybridized carbons (Fsp3) is 0.833. The molecule has 0 spiro atoms. The maximum absolute atomic E-state index is 12.0. The van der Waals surface area contributed by atoms with Crippen LogP contribution in [0, 0.1) is 0 Å². The van der Waals surface area contributed by atoms with E-state index in [1.807, 2.05) is 0 Å². The van der Waals surface area contributed by atoms with Crippen molar-refractivity contribution >= 4 is 11.9 Å². The molecule has 1 amide bonds. The number of amides is 1. The lowest BCUT2D eigenvalue weighted by molar-refractivity contribution is -0.144. The largest absolute Gasteiger partial charge is 0.464 e. The van der Waals surface area contributed by atoms with Gasteiger partial charge in [-0.15, -0.1) is 0 Å². The van der Waals surface area contributed by atoms with E-state index in [4.69, 9.17) is 4.74 Å². The molecule has 0 aromatic rings. The normalized spacial score (nSPS) is 11.6. The molecule has 40 heavy (non-hydrogen) atoms. The van der Waals surface area contributed by atoms with Gasteiger partial charge in [-0.05, 0) is 44.9 Å². The highest BCUT2D eigenvalue weighted by Crippen LogP contribution is 2.13. The smallest absolute Gasteiger partial charge is 0.305 e. The maximum atomic E-state index is 12.0. The first-order chi connectivity index (χ1) is 19.7. The molecule has 0 aliphatic rings. The number of nitrogens with one attached hydrogen (secondary N) is 1. The molecule has 0 aliphatic heterocycles. The minimum absolute atomic E-state index is 0.0767. The number of rotatable bonds is 31. The molecule has 4 heteroatoms. The third-order valence-electron chi connectivity index (χ3n) is 7.53. The van der Waals surface area contributed by atoms with E-state index in [9.17, 15) is 9.59 Å². The molecule has 0 saturated heterocycles. The minimum Gasteiger partial charge on any atom is -0.464 e. The predicted molar refractivity (Wildman–Crippen MR) is 174 cm³/mol. The van der Waals surface area contributed by atoms with Crippen molar-refractivity contribution in [3.8, 4) is 0 Å². The summed E-state index contributed by atoms with van der Waals surface area (Å²) in [5.74, 6) is -0.0655. The monoisotopic (exact) mass is 562 g/mol. The van der Waals surface area contributed by atoms with E-state index < -0.39 is 0 Å². The van der Waals surface area contributed by atoms with E-state index in [1.54, 1.807) is 0 Å². The van der Waals surface area contributed by atoms with Crippen molar-refractivity contribution in [2.45, 2.75) is 181 Å². The molecule has 0 aliphatic carbocycles. The Bertz CT molecular complexity index is 599. The van der Waals surface area contributed by atoms with Crippen molar-refractivity contribution in [3.05, 3.63) is 24.3 Å². The zero-order chi connectivity index (χ0) is 29.2. The quantitative estimate of drug-likeness (QED) is 0.0520. The molecule has 0 rings (SSSR count). The molecule has 4 nitrogen and oxygen atoms in total. The molecule has 0 bridgehead atoms.